The first kappa shape index (κ1) is 16.1. The van der Waals surface area contributed by atoms with Gasteiger partial charge in [-0.25, -0.2) is 0 Å². The van der Waals surface area contributed by atoms with Crippen molar-refractivity contribution >= 4 is 12.2 Å². The summed E-state index contributed by atoms with van der Waals surface area (Å²) >= 11 is 0. The van der Waals surface area contributed by atoms with Gasteiger partial charge in [0.25, 0.3) is 0 Å². The molecule has 0 aliphatic carbocycles. The number of likely N-dealkylation sites (tertiary alicyclic amines) is 1. The molecule has 1 heterocycles. The molecule has 7 nitrogen and oxygen atoms in total. The summed E-state index contributed by atoms with van der Waals surface area (Å²) in [7, 11) is 1.61. The summed E-state index contributed by atoms with van der Waals surface area (Å²) in [5.41, 5.74) is 11.2. The van der Waals surface area contributed by atoms with E-state index in [1.165, 1.54) is 25.9 Å². The lowest BCUT2D eigenvalue weighted by molar-refractivity contribution is 0.230. The van der Waals surface area contributed by atoms with E-state index in [9.17, 15) is 0 Å². The van der Waals surface area contributed by atoms with Crippen LogP contribution in [0.1, 0.15) is 18.4 Å². The number of nitrogens with zero attached hydrogens (tertiary/aromatic N) is 3. The molecular weight excluding hydrogens is 282 g/mol. The van der Waals surface area contributed by atoms with E-state index in [0.717, 1.165) is 17.9 Å². The number of rotatable bonds is 7. The van der Waals surface area contributed by atoms with Gasteiger partial charge in [0.05, 0.1) is 13.3 Å². The smallest absolute Gasteiger partial charge is 0.211 e. The maximum Gasteiger partial charge on any atom is 0.211 e. The molecule has 1 aromatic carbocycles. The highest BCUT2D eigenvalue weighted by Crippen LogP contribution is 2.27. The standard InChI is InChI=1S/C15H23N5O2/c1-21-14-10-12(11-18-19-15(16)17)4-5-13(14)22-9-8-20-6-2-3-7-20/h4-5,10-11H,2-3,6-9H2,1H3,(H4,16,17,19). The third-order valence-electron chi connectivity index (χ3n) is 3.43. The monoisotopic (exact) mass is 305 g/mol. The first-order chi connectivity index (χ1) is 10.7. The number of ether oxygens (including phenoxy) is 2. The van der Waals surface area contributed by atoms with E-state index >= 15 is 0 Å². The van der Waals surface area contributed by atoms with E-state index in [1.54, 1.807) is 13.3 Å². The third kappa shape index (κ3) is 4.92. The molecule has 1 aromatic rings. The normalized spacial score (nSPS) is 15.1. The van der Waals surface area contributed by atoms with Crippen LogP contribution in [0, 0.1) is 0 Å². The van der Waals surface area contributed by atoms with Crippen molar-refractivity contribution in [1.82, 2.24) is 4.90 Å². The van der Waals surface area contributed by atoms with Crippen LogP contribution in [0.3, 0.4) is 0 Å². The summed E-state index contributed by atoms with van der Waals surface area (Å²) in [4.78, 5) is 2.41. The fourth-order valence-electron chi connectivity index (χ4n) is 2.34. The summed E-state index contributed by atoms with van der Waals surface area (Å²) < 4.78 is 11.2. The van der Waals surface area contributed by atoms with Crippen LogP contribution >= 0.6 is 0 Å². The average molecular weight is 305 g/mol. The van der Waals surface area contributed by atoms with Gasteiger partial charge in [-0.3, -0.25) is 4.90 Å². The molecule has 0 amide bonds. The first-order valence-electron chi connectivity index (χ1n) is 7.34. The Kier molecular flexibility index (Phi) is 6.02. The molecule has 2 rings (SSSR count). The highest BCUT2D eigenvalue weighted by molar-refractivity contribution is 5.82. The molecule has 7 heteroatoms. The van der Waals surface area contributed by atoms with Crippen molar-refractivity contribution in [2.24, 2.45) is 21.7 Å². The zero-order valence-corrected chi connectivity index (χ0v) is 12.9. The largest absolute Gasteiger partial charge is 0.493 e. The molecule has 0 aromatic heterocycles. The van der Waals surface area contributed by atoms with Crippen molar-refractivity contribution in [3.05, 3.63) is 23.8 Å². The maximum absolute atomic E-state index is 5.81. The van der Waals surface area contributed by atoms with Gasteiger partial charge in [0.2, 0.25) is 5.96 Å². The van der Waals surface area contributed by atoms with E-state index in [-0.39, 0.29) is 5.96 Å². The number of hydrogen-bond acceptors (Lipinski definition) is 5. The van der Waals surface area contributed by atoms with Crippen LogP contribution in [0.15, 0.2) is 28.4 Å². The zero-order valence-electron chi connectivity index (χ0n) is 12.9. The Balaban J connectivity index is 1.93. The summed E-state index contributed by atoms with van der Waals surface area (Å²) in [6.45, 7) is 3.93. The molecule has 0 unspecified atom stereocenters. The SMILES string of the molecule is COc1cc(C=NN=C(N)N)ccc1OCCN1CCCC1. The van der Waals surface area contributed by atoms with E-state index in [0.29, 0.717) is 12.4 Å². The molecular formula is C15H23N5O2. The second kappa shape index (κ2) is 8.23. The minimum absolute atomic E-state index is 0.0786. The highest BCUT2D eigenvalue weighted by Gasteiger charge is 2.11. The van der Waals surface area contributed by atoms with Gasteiger partial charge in [-0.05, 0) is 49.7 Å². The van der Waals surface area contributed by atoms with Crippen LogP contribution in [-0.4, -0.2) is 50.4 Å². The quantitative estimate of drug-likeness (QED) is 0.440. The Morgan fingerprint density at radius 2 is 2.05 bits per heavy atom. The van der Waals surface area contributed by atoms with Gasteiger partial charge < -0.3 is 20.9 Å². The minimum Gasteiger partial charge on any atom is -0.493 e. The Labute approximate surface area is 130 Å². The summed E-state index contributed by atoms with van der Waals surface area (Å²) in [5.74, 6) is 1.31. The Hall–Kier alpha value is -2.28. The molecule has 0 atom stereocenters. The van der Waals surface area contributed by atoms with Crippen LogP contribution in [0.4, 0.5) is 0 Å². The van der Waals surface area contributed by atoms with Crippen LogP contribution < -0.4 is 20.9 Å². The van der Waals surface area contributed by atoms with Crippen LogP contribution in [-0.2, 0) is 0 Å². The first-order valence-corrected chi connectivity index (χ1v) is 7.34. The van der Waals surface area contributed by atoms with Crippen LogP contribution in [0.5, 0.6) is 11.5 Å². The Bertz CT molecular complexity index is 535. The topological polar surface area (TPSA) is 98.5 Å². The summed E-state index contributed by atoms with van der Waals surface area (Å²) in [5, 5.41) is 7.33. The van der Waals surface area contributed by atoms with Crippen molar-refractivity contribution in [2.45, 2.75) is 12.8 Å². The summed E-state index contributed by atoms with van der Waals surface area (Å²) in [6, 6.07) is 5.57. The lowest BCUT2D eigenvalue weighted by atomic mass is 10.2. The molecule has 0 spiro atoms. The molecule has 120 valence electrons. The molecule has 0 radical (unpaired) electrons. The number of guanidine groups is 1. The fourth-order valence-corrected chi connectivity index (χ4v) is 2.34. The van der Waals surface area contributed by atoms with Crippen LogP contribution in [0.25, 0.3) is 0 Å². The maximum atomic E-state index is 5.81. The molecule has 0 saturated carbocycles. The molecule has 1 aliphatic heterocycles. The molecule has 0 bridgehead atoms. The van der Waals surface area contributed by atoms with Crippen molar-refractivity contribution < 1.29 is 9.47 Å². The second-order valence-electron chi connectivity index (χ2n) is 5.08. The summed E-state index contributed by atoms with van der Waals surface area (Å²) in [6.07, 6.45) is 4.12. The average Bonchev–Trinajstić information content (AvgIpc) is 3.01. The molecule has 1 saturated heterocycles. The van der Waals surface area contributed by atoms with E-state index in [2.05, 4.69) is 15.1 Å². The predicted octanol–water partition coefficient (Wildman–Crippen LogP) is 0.777. The van der Waals surface area contributed by atoms with Crippen molar-refractivity contribution in [3.8, 4) is 11.5 Å². The fraction of sp³-hybridized carbons (Fsp3) is 0.467. The number of benzene rings is 1. The molecule has 1 aliphatic rings. The number of hydrogen-bond donors (Lipinski definition) is 2. The van der Waals surface area contributed by atoms with Crippen molar-refractivity contribution in [2.75, 3.05) is 33.4 Å². The van der Waals surface area contributed by atoms with Gasteiger partial charge in [-0.2, -0.15) is 5.10 Å². The van der Waals surface area contributed by atoms with Gasteiger partial charge in [-0.1, -0.05) is 0 Å². The second-order valence-corrected chi connectivity index (χ2v) is 5.08. The van der Waals surface area contributed by atoms with E-state index in [1.807, 2.05) is 18.2 Å². The third-order valence-corrected chi connectivity index (χ3v) is 3.43. The number of nitrogens with two attached hydrogens (primary N) is 2. The van der Waals surface area contributed by atoms with Crippen molar-refractivity contribution in [3.63, 3.8) is 0 Å². The Morgan fingerprint density at radius 3 is 2.73 bits per heavy atom. The van der Waals surface area contributed by atoms with Gasteiger partial charge in [0.15, 0.2) is 11.5 Å². The molecule has 22 heavy (non-hydrogen) atoms. The van der Waals surface area contributed by atoms with E-state index in [4.69, 9.17) is 20.9 Å². The van der Waals surface area contributed by atoms with Gasteiger partial charge >= 0.3 is 0 Å². The van der Waals surface area contributed by atoms with Gasteiger partial charge in [-0.15, -0.1) is 5.10 Å². The van der Waals surface area contributed by atoms with Gasteiger partial charge in [0, 0.05) is 6.54 Å². The number of methoxy groups -OCH3 is 1. The highest BCUT2D eigenvalue weighted by atomic mass is 16.5. The predicted molar refractivity (Wildman–Crippen MR) is 87.6 cm³/mol. The Morgan fingerprint density at radius 1 is 1.27 bits per heavy atom. The van der Waals surface area contributed by atoms with Crippen LogP contribution in [0.2, 0.25) is 0 Å². The molecule has 1 fully saturated rings. The van der Waals surface area contributed by atoms with Gasteiger partial charge in [0.1, 0.15) is 6.61 Å². The minimum atomic E-state index is -0.0786. The van der Waals surface area contributed by atoms with E-state index < -0.39 is 0 Å². The molecule has 4 N–H and O–H groups in total. The lowest BCUT2D eigenvalue weighted by Gasteiger charge is -2.16. The zero-order chi connectivity index (χ0) is 15.8. The van der Waals surface area contributed by atoms with Crippen molar-refractivity contribution in [1.29, 1.82) is 0 Å². The lowest BCUT2D eigenvalue weighted by Crippen LogP contribution is -2.25.